The van der Waals surface area contributed by atoms with Crippen molar-refractivity contribution in [3.05, 3.63) is 488 Å². The summed E-state index contributed by atoms with van der Waals surface area (Å²) in [6, 6.07) is 166. The lowest BCUT2D eigenvalue weighted by molar-refractivity contribution is 0.661. The number of benzene rings is 18. The van der Waals surface area contributed by atoms with E-state index in [4.69, 9.17) is 0 Å². The molecule has 0 saturated carbocycles. The summed E-state index contributed by atoms with van der Waals surface area (Å²) < 4.78 is 2.39. The van der Waals surface area contributed by atoms with Crippen molar-refractivity contribution in [2.75, 3.05) is 9.80 Å². The number of rotatable bonds is 15. The predicted octanol–water partition coefficient (Wildman–Crippen LogP) is 30.1. The summed E-state index contributed by atoms with van der Waals surface area (Å²) in [4.78, 5) is 4.87. The molecule has 3 heteroatoms. The number of aromatic nitrogens is 1. The summed E-state index contributed by atoms with van der Waals surface area (Å²) in [5.74, 6) is 0. The molecule has 0 N–H and O–H groups in total. The van der Waals surface area contributed by atoms with Crippen molar-refractivity contribution in [3.63, 3.8) is 0 Å². The molecule has 0 radical (unpaired) electrons. The Morgan fingerprint density at radius 3 is 1.20 bits per heavy atom. The third-order valence-corrected chi connectivity index (χ3v) is 23.7. The summed E-state index contributed by atoms with van der Waals surface area (Å²) >= 11 is 0. The van der Waals surface area contributed by atoms with Gasteiger partial charge in [0.1, 0.15) is 0 Å². The highest BCUT2D eigenvalue weighted by Crippen LogP contribution is 2.60. The molecule has 0 atom stereocenters. The molecule has 1 heterocycles. The zero-order chi connectivity index (χ0) is 76.8. The van der Waals surface area contributed by atoms with E-state index >= 15 is 0 Å². The number of para-hydroxylation sites is 3. The molecule has 115 heavy (non-hydrogen) atoms. The van der Waals surface area contributed by atoms with Crippen molar-refractivity contribution in [2.45, 2.75) is 24.7 Å². The third kappa shape index (κ3) is 12.3. The van der Waals surface area contributed by atoms with Crippen LogP contribution >= 0.6 is 0 Å². The first-order chi connectivity index (χ1) is 56.8. The number of hydrogen-bond donors (Lipinski definition) is 0. The third-order valence-electron chi connectivity index (χ3n) is 23.7. The minimum atomic E-state index is -0.418. The Balaban J connectivity index is 0.000000149. The fourth-order valence-electron chi connectivity index (χ4n) is 18.4. The molecule has 2 aliphatic rings. The van der Waals surface area contributed by atoms with Crippen molar-refractivity contribution < 1.29 is 0 Å². The summed E-state index contributed by atoms with van der Waals surface area (Å²) in [7, 11) is 0. The van der Waals surface area contributed by atoms with E-state index < -0.39 is 5.41 Å². The lowest BCUT2D eigenvalue weighted by atomic mass is 9.67. The maximum atomic E-state index is 2.47. The van der Waals surface area contributed by atoms with Crippen LogP contribution in [0.25, 0.3) is 117 Å². The van der Waals surface area contributed by atoms with Gasteiger partial charge >= 0.3 is 0 Å². The van der Waals surface area contributed by atoms with E-state index in [9.17, 15) is 0 Å². The summed E-state index contributed by atoms with van der Waals surface area (Å²) in [6.07, 6.45) is 0. The SMILES string of the molecule is CC1(C)c2ccccc2-c2c(-c3ccc4c(c3)c3ccccc3n4-c3ccccc3)ccc(N(c3ccc(-c4ccccc4)cc3)c3ccc(-c4ccccc4)cc3)c21.c1ccc(-c2ccc(N(c3cccc(-c4ccc5c(c4)-c4ccccc4C5(c4ccccc4)c4ccccc4)c3)c3ccccc3-c3ccccc3)cc2)cc1. The topological polar surface area (TPSA) is 11.4 Å². The fourth-order valence-corrected chi connectivity index (χ4v) is 18.4. The number of nitrogens with zero attached hydrogens (tertiary/aromatic N) is 3. The highest BCUT2D eigenvalue weighted by molar-refractivity contribution is 6.11. The van der Waals surface area contributed by atoms with Crippen LogP contribution < -0.4 is 9.80 Å². The average Bonchev–Trinajstić information content (AvgIpc) is 1.55. The van der Waals surface area contributed by atoms with Crippen molar-refractivity contribution in [2.24, 2.45) is 0 Å². The highest BCUT2D eigenvalue weighted by atomic mass is 15.2. The minimum absolute atomic E-state index is 0.267. The van der Waals surface area contributed by atoms with Gasteiger partial charge in [-0.25, -0.2) is 0 Å². The van der Waals surface area contributed by atoms with Gasteiger partial charge in [-0.05, 0) is 214 Å². The summed E-state index contributed by atoms with van der Waals surface area (Å²) in [6.45, 7) is 4.80. The molecule has 2 aliphatic carbocycles. The van der Waals surface area contributed by atoms with Crippen molar-refractivity contribution >= 4 is 55.9 Å². The van der Waals surface area contributed by atoms with Gasteiger partial charge in [0, 0.05) is 50.2 Å². The second-order valence-electron chi connectivity index (χ2n) is 30.6. The molecule has 0 spiro atoms. The average molecular weight is 1470 g/mol. The van der Waals surface area contributed by atoms with Crippen molar-refractivity contribution in [1.29, 1.82) is 0 Å². The smallest absolute Gasteiger partial charge is 0.0713 e. The predicted molar refractivity (Wildman–Crippen MR) is 484 cm³/mol. The van der Waals surface area contributed by atoms with Crippen LogP contribution in [0.1, 0.15) is 47.2 Å². The molecule has 0 aliphatic heterocycles. The summed E-state index contributed by atoms with van der Waals surface area (Å²) in [5, 5.41) is 2.51. The Bertz CT molecular complexity index is 6610. The van der Waals surface area contributed by atoms with Crippen LogP contribution in [0, 0.1) is 0 Å². The molecule has 0 bridgehead atoms. The van der Waals surface area contributed by atoms with E-state index in [2.05, 4.69) is 483 Å². The molecule has 0 unspecified atom stereocenters. The van der Waals surface area contributed by atoms with Gasteiger partial charge in [-0.3, -0.25) is 0 Å². The van der Waals surface area contributed by atoms with E-state index in [0.29, 0.717) is 0 Å². The normalized spacial score (nSPS) is 12.6. The first-order valence-electron chi connectivity index (χ1n) is 39.9. The fraction of sp³-hybridized carbons (Fsp3) is 0.0357. The van der Waals surface area contributed by atoms with Crippen LogP contribution in [0.4, 0.5) is 34.1 Å². The van der Waals surface area contributed by atoms with E-state index in [0.717, 1.165) is 28.4 Å². The van der Waals surface area contributed by atoms with Crippen molar-refractivity contribution in [3.8, 4) is 94.7 Å². The van der Waals surface area contributed by atoms with E-state index in [1.165, 1.54) is 156 Å². The Labute approximate surface area is 673 Å². The van der Waals surface area contributed by atoms with Gasteiger partial charge in [0.05, 0.1) is 27.8 Å². The van der Waals surface area contributed by atoms with Crippen LogP contribution in [0.2, 0.25) is 0 Å². The van der Waals surface area contributed by atoms with Gasteiger partial charge in [-0.15, -0.1) is 0 Å². The summed E-state index contributed by atoms with van der Waals surface area (Å²) in [5.41, 5.74) is 37.1. The maximum absolute atomic E-state index is 2.47. The van der Waals surface area contributed by atoms with Crippen LogP contribution in [0.3, 0.4) is 0 Å². The van der Waals surface area contributed by atoms with Gasteiger partial charge in [0.2, 0.25) is 0 Å². The lowest BCUT2D eigenvalue weighted by Crippen LogP contribution is -2.28. The molecule has 1 aromatic heterocycles. The Morgan fingerprint density at radius 1 is 0.217 bits per heavy atom. The molecule has 544 valence electrons. The highest BCUT2D eigenvalue weighted by Gasteiger charge is 2.46. The second-order valence-corrected chi connectivity index (χ2v) is 30.6. The van der Waals surface area contributed by atoms with Crippen LogP contribution in [0.5, 0.6) is 0 Å². The molecule has 21 rings (SSSR count). The van der Waals surface area contributed by atoms with Crippen LogP contribution in [-0.4, -0.2) is 4.57 Å². The van der Waals surface area contributed by atoms with E-state index in [1.807, 2.05) is 0 Å². The first kappa shape index (κ1) is 69.5. The molecular weight excluding hydrogens is 1390 g/mol. The molecule has 0 fully saturated rings. The minimum Gasteiger partial charge on any atom is -0.310 e. The van der Waals surface area contributed by atoms with E-state index in [-0.39, 0.29) is 5.41 Å². The lowest BCUT2D eigenvalue weighted by Gasteiger charge is -2.33. The molecule has 19 aromatic rings. The van der Waals surface area contributed by atoms with Crippen LogP contribution in [-0.2, 0) is 10.8 Å². The van der Waals surface area contributed by atoms with E-state index in [1.54, 1.807) is 0 Å². The van der Waals surface area contributed by atoms with Crippen molar-refractivity contribution in [1.82, 2.24) is 4.57 Å². The Morgan fingerprint density at radius 2 is 0.626 bits per heavy atom. The standard InChI is InChI=1S/C57H42N2.C55H39N/c1-57(2)51-24-14-12-23-49(51)55-47(43-30-36-53-50(38-43)48-22-13-15-25-52(48)59(53)44-20-10-5-11-21-44)35-37-54(56(55)57)58(45-31-26-41(27-32-45)39-16-6-3-7-17-39)46-33-28-42(29-34-46)40-18-8-4-9-19-40;1-5-18-40(19-6-1)41-32-35-47(36-33-41)56(54-31-16-14-28-49(54)42-20-7-2-8-21-42)48-27-17-22-43(38-48)44-34-37-53-51(39-44)50-29-13-15-30-52(50)55(53,45-23-9-3-10-24-45)46-25-11-4-12-26-46/h3-38H,1-2H3;1-39H. The van der Waals surface area contributed by atoms with Crippen LogP contribution in [0.15, 0.2) is 455 Å². The van der Waals surface area contributed by atoms with Gasteiger partial charge in [0.25, 0.3) is 0 Å². The number of fused-ring (bicyclic) bond motifs is 9. The maximum Gasteiger partial charge on any atom is 0.0713 e. The molecular formula is C112H81N3. The van der Waals surface area contributed by atoms with Gasteiger partial charge in [-0.2, -0.15) is 0 Å². The monoisotopic (exact) mass is 1470 g/mol. The number of anilines is 6. The second kappa shape index (κ2) is 29.6. The molecule has 3 nitrogen and oxygen atoms in total. The van der Waals surface area contributed by atoms with Gasteiger partial charge in [-0.1, -0.05) is 372 Å². The Hall–Kier alpha value is -14.6. The van der Waals surface area contributed by atoms with Gasteiger partial charge < -0.3 is 14.4 Å². The first-order valence-corrected chi connectivity index (χ1v) is 39.9. The number of hydrogen-bond acceptors (Lipinski definition) is 2. The van der Waals surface area contributed by atoms with Gasteiger partial charge in [0.15, 0.2) is 0 Å². The molecule has 0 saturated heterocycles. The molecule has 18 aromatic carbocycles. The largest absolute Gasteiger partial charge is 0.310 e. The quantitative estimate of drug-likeness (QED) is 0.101. The zero-order valence-corrected chi connectivity index (χ0v) is 64.1. The molecule has 0 amide bonds. The Kier molecular flexibility index (Phi) is 17.9. The zero-order valence-electron chi connectivity index (χ0n) is 64.1.